The highest BCUT2D eigenvalue weighted by Gasteiger charge is 2.15. The Balaban J connectivity index is 1.97. The van der Waals surface area contributed by atoms with Gasteiger partial charge in [-0.1, -0.05) is 5.16 Å². The smallest absolute Gasteiger partial charge is 0.407 e. The van der Waals surface area contributed by atoms with E-state index in [4.69, 9.17) is 9.26 Å². The molecule has 0 saturated carbocycles. The van der Waals surface area contributed by atoms with E-state index in [1.165, 1.54) is 6.33 Å². The van der Waals surface area contributed by atoms with Gasteiger partial charge in [0.25, 0.3) is 0 Å². The quantitative estimate of drug-likeness (QED) is 0.729. The van der Waals surface area contributed by atoms with Gasteiger partial charge < -0.3 is 19.9 Å². The summed E-state index contributed by atoms with van der Waals surface area (Å²) in [6.45, 7) is 7.38. The summed E-state index contributed by atoms with van der Waals surface area (Å²) >= 11 is 0. The van der Waals surface area contributed by atoms with Crippen LogP contribution in [0.3, 0.4) is 0 Å². The fourth-order valence-electron chi connectivity index (χ4n) is 1.19. The van der Waals surface area contributed by atoms with Crippen LogP contribution in [-0.4, -0.2) is 41.5 Å². The normalized spacial score (nSPS) is 11.3. The number of amides is 1. The van der Waals surface area contributed by atoms with E-state index in [9.17, 15) is 4.79 Å². The second-order valence-electron chi connectivity index (χ2n) is 4.76. The summed E-state index contributed by atoms with van der Waals surface area (Å²) in [5.74, 6) is 0.600. The minimum Gasteiger partial charge on any atom is -0.444 e. The largest absolute Gasteiger partial charge is 0.444 e. The highest BCUT2D eigenvalue weighted by atomic mass is 16.6. The summed E-state index contributed by atoms with van der Waals surface area (Å²) in [5.41, 5.74) is -0.463. The highest BCUT2D eigenvalue weighted by Crippen LogP contribution is 2.05. The standard InChI is InChI=1S/C11H20N4O3/c1-11(2,3)17-10(16)13-7-6-12-5-4-9-14-8-15-18-9/h8,12H,4-7H2,1-3H3,(H,13,16). The minimum absolute atomic E-state index is 0.402. The number of nitrogens with one attached hydrogen (secondary N) is 2. The first-order valence-corrected chi connectivity index (χ1v) is 5.90. The van der Waals surface area contributed by atoms with Crippen molar-refractivity contribution in [1.82, 2.24) is 20.8 Å². The van der Waals surface area contributed by atoms with Crippen LogP contribution in [0.4, 0.5) is 4.79 Å². The lowest BCUT2D eigenvalue weighted by Crippen LogP contribution is -2.36. The zero-order valence-electron chi connectivity index (χ0n) is 11.0. The van der Waals surface area contributed by atoms with Crippen molar-refractivity contribution in [3.63, 3.8) is 0 Å². The molecule has 7 nitrogen and oxygen atoms in total. The van der Waals surface area contributed by atoms with Gasteiger partial charge in [-0.15, -0.1) is 0 Å². The van der Waals surface area contributed by atoms with Crippen LogP contribution in [0.15, 0.2) is 10.9 Å². The lowest BCUT2D eigenvalue weighted by atomic mass is 10.2. The third-order valence-corrected chi connectivity index (χ3v) is 1.89. The maximum atomic E-state index is 11.3. The van der Waals surface area contributed by atoms with Crippen LogP contribution in [0.2, 0.25) is 0 Å². The van der Waals surface area contributed by atoms with Gasteiger partial charge in [0, 0.05) is 26.1 Å². The van der Waals surface area contributed by atoms with E-state index in [2.05, 4.69) is 20.8 Å². The molecule has 1 heterocycles. The summed E-state index contributed by atoms with van der Waals surface area (Å²) in [7, 11) is 0. The fraction of sp³-hybridized carbons (Fsp3) is 0.727. The molecule has 102 valence electrons. The van der Waals surface area contributed by atoms with Crippen molar-refractivity contribution >= 4 is 6.09 Å². The monoisotopic (exact) mass is 256 g/mol. The van der Waals surface area contributed by atoms with Crippen molar-refractivity contribution < 1.29 is 14.1 Å². The number of nitrogens with zero attached hydrogens (tertiary/aromatic N) is 2. The van der Waals surface area contributed by atoms with E-state index in [1.807, 2.05) is 20.8 Å². The SMILES string of the molecule is CC(C)(C)OC(=O)NCCNCCc1ncno1. The maximum Gasteiger partial charge on any atom is 0.407 e. The van der Waals surface area contributed by atoms with Gasteiger partial charge in [-0.2, -0.15) is 4.98 Å². The molecule has 0 aliphatic rings. The summed E-state index contributed by atoms with van der Waals surface area (Å²) in [6.07, 6.45) is 1.65. The van der Waals surface area contributed by atoms with Crippen LogP contribution in [0.25, 0.3) is 0 Å². The summed E-state index contributed by atoms with van der Waals surface area (Å²) in [6, 6.07) is 0. The lowest BCUT2D eigenvalue weighted by Gasteiger charge is -2.19. The third-order valence-electron chi connectivity index (χ3n) is 1.89. The first-order chi connectivity index (χ1) is 8.47. The van der Waals surface area contributed by atoms with E-state index in [-0.39, 0.29) is 0 Å². The molecule has 0 atom stereocenters. The molecule has 0 saturated heterocycles. The fourth-order valence-corrected chi connectivity index (χ4v) is 1.19. The highest BCUT2D eigenvalue weighted by molar-refractivity contribution is 5.67. The van der Waals surface area contributed by atoms with Gasteiger partial charge in [0.05, 0.1) is 0 Å². The number of ether oxygens (including phenoxy) is 1. The van der Waals surface area contributed by atoms with Crippen molar-refractivity contribution in [2.24, 2.45) is 0 Å². The molecule has 1 rings (SSSR count). The zero-order valence-corrected chi connectivity index (χ0v) is 11.0. The first-order valence-electron chi connectivity index (χ1n) is 5.90. The predicted molar refractivity (Wildman–Crippen MR) is 65.1 cm³/mol. The Morgan fingerprint density at radius 1 is 1.39 bits per heavy atom. The number of alkyl carbamates (subject to hydrolysis) is 1. The number of rotatable bonds is 6. The van der Waals surface area contributed by atoms with E-state index in [0.717, 1.165) is 6.54 Å². The second kappa shape index (κ2) is 6.95. The lowest BCUT2D eigenvalue weighted by molar-refractivity contribution is 0.0528. The van der Waals surface area contributed by atoms with E-state index < -0.39 is 11.7 Å². The van der Waals surface area contributed by atoms with Gasteiger partial charge in [0.1, 0.15) is 5.60 Å². The molecule has 0 aromatic carbocycles. The van der Waals surface area contributed by atoms with Crippen LogP contribution in [0, 0.1) is 0 Å². The number of hydrogen-bond donors (Lipinski definition) is 2. The topological polar surface area (TPSA) is 89.3 Å². The summed E-state index contributed by atoms with van der Waals surface area (Å²) in [4.78, 5) is 15.2. The molecule has 18 heavy (non-hydrogen) atoms. The number of aromatic nitrogens is 2. The summed E-state index contributed by atoms with van der Waals surface area (Å²) < 4.78 is 9.93. The number of hydrogen-bond acceptors (Lipinski definition) is 6. The molecule has 1 aromatic heterocycles. The first kappa shape index (κ1) is 14.4. The van der Waals surface area contributed by atoms with Gasteiger partial charge in [0.15, 0.2) is 6.33 Å². The molecular formula is C11H20N4O3. The molecule has 0 spiro atoms. The van der Waals surface area contributed by atoms with Crippen molar-refractivity contribution in [3.05, 3.63) is 12.2 Å². The molecule has 0 fully saturated rings. The van der Waals surface area contributed by atoms with Crippen LogP contribution in [-0.2, 0) is 11.2 Å². The van der Waals surface area contributed by atoms with Crippen molar-refractivity contribution in [2.75, 3.05) is 19.6 Å². The Hall–Kier alpha value is -1.63. The average molecular weight is 256 g/mol. The van der Waals surface area contributed by atoms with Crippen molar-refractivity contribution in [2.45, 2.75) is 32.8 Å². The van der Waals surface area contributed by atoms with Crippen molar-refractivity contribution in [3.8, 4) is 0 Å². The Bertz CT molecular complexity index is 346. The Labute approximate surface area is 106 Å². The average Bonchev–Trinajstić information content (AvgIpc) is 2.73. The molecule has 0 aliphatic heterocycles. The Morgan fingerprint density at radius 2 is 2.17 bits per heavy atom. The predicted octanol–water partition coefficient (Wildman–Crippen LogP) is 0.726. The number of carbonyl (C=O) groups is 1. The van der Waals surface area contributed by atoms with Gasteiger partial charge in [-0.3, -0.25) is 0 Å². The third kappa shape index (κ3) is 6.85. The Kier molecular flexibility index (Phi) is 5.57. The van der Waals surface area contributed by atoms with E-state index in [0.29, 0.717) is 25.4 Å². The molecule has 1 amide bonds. The van der Waals surface area contributed by atoms with Gasteiger partial charge >= 0.3 is 6.09 Å². The molecule has 0 aliphatic carbocycles. The van der Waals surface area contributed by atoms with Crippen LogP contribution >= 0.6 is 0 Å². The molecule has 0 bridgehead atoms. The molecule has 1 aromatic rings. The van der Waals surface area contributed by atoms with Crippen molar-refractivity contribution in [1.29, 1.82) is 0 Å². The van der Waals surface area contributed by atoms with Gasteiger partial charge in [0.2, 0.25) is 5.89 Å². The molecular weight excluding hydrogens is 236 g/mol. The van der Waals surface area contributed by atoms with Crippen LogP contribution < -0.4 is 10.6 Å². The van der Waals surface area contributed by atoms with E-state index in [1.54, 1.807) is 0 Å². The molecule has 0 radical (unpaired) electrons. The van der Waals surface area contributed by atoms with Gasteiger partial charge in [-0.05, 0) is 20.8 Å². The zero-order chi connectivity index (χ0) is 13.4. The Morgan fingerprint density at radius 3 is 2.78 bits per heavy atom. The van der Waals surface area contributed by atoms with Gasteiger partial charge in [-0.25, -0.2) is 4.79 Å². The second-order valence-corrected chi connectivity index (χ2v) is 4.76. The number of carbonyl (C=O) groups excluding carboxylic acids is 1. The molecule has 2 N–H and O–H groups in total. The van der Waals surface area contributed by atoms with Crippen LogP contribution in [0.1, 0.15) is 26.7 Å². The molecule has 7 heteroatoms. The molecule has 0 unspecified atom stereocenters. The minimum atomic E-state index is -0.463. The summed E-state index contributed by atoms with van der Waals surface area (Å²) in [5, 5.41) is 9.31. The van der Waals surface area contributed by atoms with Crippen LogP contribution in [0.5, 0.6) is 0 Å². The van der Waals surface area contributed by atoms with E-state index >= 15 is 0 Å². The maximum absolute atomic E-state index is 11.3.